The number of thiophene rings is 1. The van der Waals surface area contributed by atoms with Crippen LogP contribution in [-0.2, 0) is 14.3 Å². The summed E-state index contributed by atoms with van der Waals surface area (Å²) in [5, 5.41) is 1.97. The third-order valence-corrected chi connectivity index (χ3v) is 6.48. The summed E-state index contributed by atoms with van der Waals surface area (Å²) in [5.41, 5.74) is 3.81. The van der Waals surface area contributed by atoms with Gasteiger partial charge in [-0.3, -0.25) is 4.79 Å². The number of ether oxygens (including phenoxy) is 2. The third kappa shape index (κ3) is 4.20. The lowest BCUT2D eigenvalue weighted by atomic mass is 9.67. The Bertz CT molecular complexity index is 869. The lowest BCUT2D eigenvalue weighted by Gasteiger charge is -2.41. The van der Waals surface area contributed by atoms with Crippen LogP contribution in [0, 0.1) is 12.3 Å². The number of rotatable bonds is 6. The zero-order valence-corrected chi connectivity index (χ0v) is 18.8. The van der Waals surface area contributed by atoms with Gasteiger partial charge in [-0.05, 0) is 82.7 Å². The minimum Gasteiger partial charge on any atom is -0.459 e. The number of carbonyl (C=O) groups excluding carboxylic acids is 2. The normalized spacial score (nSPS) is 23.1. The lowest BCUT2D eigenvalue weighted by molar-refractivity contribution is -0.142. The first-order chi connectivity index (χ1) is 13.0. The Morgan fingerprint density at radius 1 is 1.21 bits per heavy atom. The molecule has 0 fully saturated rings. The van der Waals surface area contributed by atoms with Crippen LogP contribution in [-0.4, -0.2) is 31.1 Å². The van der Waals surface area contributed by atoms with E-state index in [0.29, 0.717) is 10.5 Å². The van der Waals surface area contributed by atoms with E-state index in [-0.39, 0.29) is 24.0 Å². The maximum absolute atomic E-state index is 12.7. The van der Waals surface area contributed by atoms with E-state index < -0.39 is 5.41 Å². The van der Waals surface area contributed by atoms with Crippen LogP contribution >= 0.6 is 11.3 Å². The SMILES string of the molecule is COC1C(C)=C(C(=O)OC(C)C)C(C)=C(C)C1(C)C=CC(=O)c1cc(C)cs1. The second kappa shape index (κ2) is 8.58. The highest BCUT2D eigenvalue weighted by molar-refractivity contribution is 7.12. The Balaban J connectivity index is 2.44. The summed E-state index contributed by atoms with van der Waals surface area (Å²) in [7, 11) is 1.63. The van der Waals surface area contributed by atoms with Gasteiger partial charge in [-0.15, -0.1) is 11.3 Å². The fourth-order valence-corrected chi connectivity index (χ4v) is 4.60. The van der Waals surface area contributed by atoms with Crippen molar-refractivity contribution in [3.8, 4) is 0 Å². The van der Waals surface area contributed by atoms with Gasteiger partial charge in [0.15, 0.2) is 5.78 Å². The average Bonchev–Trinajstić information content (AvgIpc) is 3.04. The van der Waals surface area contributed by atoms with Crippen molar-refractivity contribution in [2.45, 2.75) is 60.7 Å². The van der Waals surface area contributed by atoms with Crippen molar-refractivity contribution in [2.75, 3.05) is 7.11 Å². The molecule has 1 aromatic rings. The first-order valence-corrected chi connectivity index (χ1v) is 10.3. The summed E-state index contributed by atoms with van der Waals surface area (Å²) < 4.78 is 11.2. The van der Waals surface area contributed by atoms with E-state index in [2.05, 4.69) is 0 Å². The minimum absolute atomic E-state index is 0.0220. The average molecular weight is 403 g/mol. The molecule has 1 aromatic heterocycles. The molecule has 0 radical (unpaired) electrons. The maximum atomic E-state index is 12.7. The molecular weight excluding hydrogens is 372 g/mol. The van der Waals surface area contributed by atoms with Crippen LogP contribution in [0.15, 0.2) is 45.9 Å². The molecule has 0 spiro atoms. The van der Waals surface area contributed by atoms with Crippen molar-refractivity contribution in [3.63, 3.8) is 0 Å². The molecule has 0 saturated heterocycles. The highest BCUT2D eigenvalue weighted by Gasteiger charge is 2.42. The Morgan fingerprint density at radius 2 is 1.86 bits per heavy atom. The maximum Gasteiger partial charge on any atom is 0.338 e. The van der Waals surface area contributed by atoms with Gasteiger partial charge in [-0.1, -0.05) is 11.6 Å². The summed E-state index contributed by atoms with van der Waals surface area (Å²) in [6.07, 6.45) is 2.98. The van der Waals surface area contributed by atoms with Gasteiger partial charge in [-0.25, -0.2) is 4.79 Å². The highest BCUT2D eigenvalue weighted by Crippen LogP contribution is 2.46. The largest absolute Gasteiger partial charge is 0.459 e. The molecule has 0 aliphatic heterocycles. The van der Waals surface area contributed by atoms with E-state index in [1.54, 1.807) is 13.2 Å². The first kappa shape index (κ1) is 22.3. The van der Waals surface area contributed by atoms with Gasteiger partial charge in [-0.2, -0.15) is 0 Å². The van der Waals surface area contributed by atoms with Gasteiger partial charge in [0.25, 0.3) is 0 Å². The van der Waals surface area contributed by atoms with E-state index in [1.165, 1.54) is 11.3 Å². The fourth-order valence-electron chi connectivity index (χ4n) is 3.78. The summed E-state index contributed by atoms with van der Waals surface area (Å²) in [4.78, 5) is 26.0. The van der Waals surface area contributed by atoms with Crippen molar-refractivity contribution in [3.05, 3.63) is 56.3 Å². The molecule has 0 amide bonds. The number of esters is 1. The van der Waals surface area contributed by atoms with Crippen molar-refractivity contribution in [1.29, 1.82) is 0 Å². The molecule has 1 aliphatic carbocycles. The van der Waals surface area contributed by atoms with E-state index >= 15 is 0 Å². The molecule has 0 saturated carbocycles. The minimum atomic E-state index is -0.535. The van der Waals surface area contributed by atoms with E-state index in [4.69, 9.17) is 9.47 Å². The summed E-state index contributed by atoms with van der Waals surface area (Å²) in [6.45, 7) is 13.5. The number of hydrogen-bond donors (Lipinski definition) is 0. The Labute approximate surface area is 171 Å². The Hall–Kier alpha value is -1.98. The number of carbonyl (C=O) groups is 2. The molecule has 2 atom stereocenters. The number of aryl methyl sites for hydroxylation is 1. The Morgan fingerprint density at radius 3 is 2.36 bits per heavy atom. The fraction of sp³-hybridized carbons (Fsp3) is 0.478. The zero-order valence-electron chi connectivity index (χ0n) is 18.0. The van der Waals surface area contributed by atoms with Crippen LogP contribution in [0.5, 0.6) is 0 Å². The molecular formula is C23H30O4S. The van der Waals surface area contributed by atoms with E-state index in [1.807, 2.05) is 66.0 Å². The van der Waals surface area contributed by atoms with E-state index in [0.717, 1.165) is 22.3 Å². The van der Waals surface area contributed by atoms with Crippen LogP contribution in [0.2, 0.25) is 0 Å². The van der Waals surface area contributed by atoms with Crippen LogP contribution in [0.1, 0.15) is 56.8 Å². The van der Waals surface area contributed by atoms with Crippen molar-refractivity contribution in [1.82, 2.24) is 0 Å². The van der Waals surface area contributed by atoms with Crippen LogP contribution in [0.25, 0.3) is 0 Å². The standard InChI is InChI=1S/C23H30O4S/c1-13(2)27-22(25)20-15(4)17(6)23(7,21(26-8)16(20)5)10-9-18(24)19-11-14(3)12-28-19/h9-13,21H,1-8H3. The lowest BCUT2D eigenvalue weighted by Crippen LogP contribution is -2.40. The molecule has 0 aromatic carbocycles. The van der Waals surface area contributed by atoms with Gasteiger partial charge < -0.3 is 9.47 Å². The zero-order chi connectivity index (χ0) is 21.2. The number of hydrogen-bond acceptors (Lipinski definition) is 5. The molecule has 0 bridgehead atoms. The molecule has 1 heterocycles. The summed E-state index contributed by atoms with van der Waals surface area (Å²) in [5.74, 6) is -0.353. The molecule has 2 rings (SSSR count). The predicted octanol–water partition coefficient (Wildman–Crippen LogP) is 5.43. The molecule has 2 unspecified atom stereocenters. The van der Waals surface area contributed by atoms with Crippen molar-refractivity contribution < 1.29 is 19.1 Å². The van der Waals surface area contributed by atoms with Gasteiger partial charge in [0.05, 0.1) is 22.7 Å². The Kier molecular flexibility index (Phi) is 6.84. The topological polar surface area (TPSA) is 52.6 Å². The van der Waals surface area contributed by atoms with Crippen molar-refractivity contribution in [2.24, 2.45) is 5.41 Å². The van der Waals surface area contributed by atoms with Gasteiger partial charge in [0.2, 0.25) is 0 Å². The number of methoxy groups -OCH3 is 1. The predicted molar refractivity (Wildman–Crippen MR) is 114 cm³/mol. The molecule has 28 heavy (non-hydrogen) atoms. The smallest absolute Gasteiger partial charge is 0.338 e. The summed E-state index contributed by atoms with van der Waals surface area (Å²) in [6, 6.07) is 1.90. The van der Waals surface area contributed by atoms with E-state index in [9.17, 15) is 9.59 Å². The second-order valence-corrected chi connectivity index (χ2v) is 8.76. The van der Waals surface area contributed by atoms with Crippen LogP contribution in [0.4, 0.5) is 0 Å². The van der Waals surface area contributed by atoms with Gasteiger partial charge in [0, 0.05) is 12.5 Å². The first-order valence-electron chi connectivity index (χ1n) is 9.44. The van der Waals surface area contributed by atoms with Gasteiger partial charge in [0.1, 0.15) is 0 Å². The molecule has 152 valence electrons. The van der Waals surface area contributed by atoms with Crippen LogP contribution < -0.4 is 0 Å². The van der Waals surface area contributed by atoms with Crippen LogP contribution in [0.3, 0.4) is 0 Å². The number of allylic oxidation sites excluding steroid dienone is 1. The highest BCUT2D eigenvalue weighted by atomic mass is 32.1. The quantitative estimate of drug-likeness (QED) is 0.361. The summed E-state index contributed by atoms with van der Waals surface area (Å²) >= 11 is 1.45. The molecule has 4 nitrogen and oxygen atoms in total. The third-order valence-electron chi connectivity index (χ3n) is 5.41. The molecule has 5 heteroatoms. The second-order valence-electron chi connectivity index (χ2n) is 7.85. The van der Waals surface area contributed by atoms with Crippen molar-refractivity contribution >= 4 is 23.1 Å². The molecule has 0 N–H and O–H groups in total. The van der Waals surface area contributed by atoms with Gasteiger partial charge >= 0.3 is 5.97 Å². The number of ketones is 1. The monoisotopic (exact) mass is 402 g/mol. The molecule has 1 aliphatic rings.